The van der Waals surface area contributed by atoms with Crippen LogP contribution in [0.15, 0.2) is 22.6 Å². The minimum Gasteiger partial charge on any atom is -0.453 e. The Balaban J connectivity index is 2.67. The lowest BCUT2D eigenvalue weighted by Crippen LogP contribution is -1.82. The predicted molar refractivity (Wildman–Crippen MR) is 53.2 cm³/mol. The molecule has 4 heteroatoms. The summed E-state index contributed by atoms with van der Waals surface area (Å²) < 4.78 is 10.2. The van der Waals surface area contributed by atoms with Gasteiger partial charge in [-0.25, -0.2) is 0 Å². The van der Waals surface area contributed by atoms with E-state index in [9.17, 15) is 0 Å². The molecule has 1 aromatic heterocycles. The Bertz CT molecular complexity index is 424. The fourth-order valence-corrected chi connectivity index (χ4v) is 1.63. The number of alkyl halides is 1. The summed E-state index contributed by atoms with van der Waals surface area (Å²) >= 11 is 3.39. The number of hydrogen-bond acceptors (Lipinski definition) is 3. The molecule has 0 aliphatic rings. The number of nitrogens with zero attached hydrogens (tertiary/aromatic N) is 1. The van der Waals surface area contributed by atoms with E-state index in [0.29, 0.717) is 6.08 Å². The maximum atomic E-state index is 5.31. The second-order valence-electron chi connectivity index (χ2n) is 2.58. The molecule has 0 amide bonds. The first kappa shape index (κ1) is 8.56. The van der Waals surface area contributed by atoms with Crippen LogP contribution < -0.4 is 4.74 Å². The molecule has 0 unspecified atom stereocenters. The van der Waals surface area contributed by atoms with Crippen LogP contribution in [-0.4, -0.2) is 12.1 Å². The van der Waals surface area contributed by atoms with Crippen molar-refractivity contribution in [3.05, 3.63) is 23.8 Å². The summed E-state index contributed by atoms with van der Waals surface area (Å²) in [4.78, 5) is 4.18. The Morgan fingerprint density at radius 2 is 2.38 bits per heavy atom. The third-order valence-corrected chi connectivity index (χ3v) is 2.41. The van der Waals surface area contributed by atoms with Crippen LogP contribution >= 0.6 is 15.9 Å². The van der Waals surface area contributed by atoms with Crippen molar-refractivity contribution in [1.29, 1.82) is 0 Å². The molecule has 0 fully saturated rings. The first-order valence-electron chi connectivity index (χ1n) is 3.83. The number of ether oxygens (including phenoxy) is 1. The van der Waals surface area contributed by atoms with Crippen molar-refractivity contribution in [3.8, 4) is 6.08 Å². The van der Waals surface area contributed by atoms with Gasteiger partial charge in [-0.1, -0.05) is 28.1 Å². The number of methoxy groups -OCH3 is 1. The van der Waals surface area contributed by atoms with Crippen LogP contribution in [0.2, 0.25) is 0 Å². The number of fused-ring (bicyclic) bond motifs is 1. The SMILES string of the molecule is COc1nc2c(CBr)cccc2o1. The summed E-state index contributed by atoms with van der Waals surface area (Å²) in [5.41, 5.74) is 2.72. The monoisotopic (exact) mass is 241 g/mol. The zero-order chi connectivity index (χ0) is 9.26. The highest BCUT2D eigenvalue weighted by Crippen LogP contribution is 2.24. The van der Waals surface area contributed by atoms with E-state index in [2.05, 4.69) is 20.9 Å². The highest BCUT2D eigenvalue weighted by atomic mass is 79.9. The summed E-state index contributed by atoms with van der Waals surface area (Å²) in [5.74, 6) is 0. The average Bonchev–Trinajstić information content (AvgIpc) is 2.59. The zero-order valence-corrected chi connectivity index (χ0v) is 8.67. The van der Waals surface area contributed by atoms with Crippen molar-refractivity contribution in [2.45, 2.75) is 5.33 Å². The topological polar surface area (TPSA) is 35.3 Å². The zero-order valence-electron chi connectivity index (χ0n) is 7.08. The summed E-state index contributed by atoms with van der Waals surface area (Å²) in [6, 6.07) is 5.81. The highest BCUT2D eigenvalue weighted by Gasteiger charge is 2.08. The normalized spacial score (nSPS) is 10.6. The highest BCUT2D eigenvalue weighted by molar-refractivity contribution is 9.08. The quantitative estimate of drug-likeness (QED) is 0.759. The predicted octanol–water partition coefficient (Wildman–Crippen LogP) is 2.73. The second-order valence-corrected chi connectivity index (χ2v) is 3.14. The largest absolute Gasteiger partial charge is 0.453 e. The van der Waals surface area contributed by atoms with Gasteiger partial charge in [0.05, 0.1) is 7.11 Å². The van der Waals surface area contributed by atoms with Crippen LogP contribution in [0.5, 0.6) is 6.08 Å². The maximum absolute atomic E-state index is 5.31. The Morgan fingerprint density at radius 1 is 1.54 bits per heavy atom. The number of benzene rings is 1. The van der Waals surface area contributed by atoms with Gasteiger partial charge >= 0.3 is 6.08 Å². The average molecular weight is 242 g/mol. The molecule has 0 spiro atoms. The summed E-state index contributed by atoms with van der Waals surface area (Å²) in [7, 11) is 1.54. The van der Waals surface area contributed by atoms with Gasteiger partial charge in [-0.15, -0.1) is 0 Å². The van der Waals surface area contributed by atoms with Crippen molar-refractivity contribution >= 4 is 27.0 Å². The van der Waals surface area contributed by atoms with Crippen molar-refractivity contribution in [3.63, 3.8) is 0 Å². The third kappa shape index (κ3) is 1.42. The summed E-state index contributed by atoms with van der Waals surface area (Å²) in [6.45, 7) is 0. The van der Waals surface area contributed by atoms with E-state index in [1.165, 1.54) is 0 Å². The van der Waals surface area contributed by atoms with Crippen LogP contribution in [0, 0.1) is 0 Å². The molecular weight excluding hydrogens is 234 g/mol. The van der Waals surface area contributed by atoms with Crippen molar-refractivity contribution < 1.29 is 9.15 Å². The molecule has 0 saturated carbocycles. The molecule has 0 aliphatic heterocycles. The van der Waals surface area contributed by atoms with Gasteiger partial charge in [0.15, 0.2) is 5.58 Å². The molecule has 0 N–H and O–H groups in total. The first-order valence-corrected chi connectivity index (χ1v) is 4.95. The van der Waals surface area contributed by atoms with Crippen molar-refractivity contribution in [1.82, 2.24) is 4.98 Å². The van der Waals surface area contributed by atoms with E-state index in [1.807, 2.05) is 18.2 Å². The molecule has 68 valence electrons. The molecular formula is C9H8BrNO2. The minimum absolute atomic E-state index is 0.309. The number of oxazole rings is 1. The van der Waals surface area contributed by atoms with Gasteiger partial charge in [-0.2, -0.15) is 4.98 Å². The number of aromatic nitrogens is 1. The molecule has 0 aliphatic carbocycles. The van der Waals surface area contributed by atoms with E-state index in [1.54, 1.807) is 7.11 Å². The van der Waals surface area contributed by atoms with E-state index in [0.717, 1.165) is 22.0 Å². The minimum atomic E-state index is 0.309. The molecule has 3 nitrogen and oxygen atoms in total. The molecule has 0 bridgehead atoms. The van der Waals surface area contributed by atoms with E-state index in [4.69, 9.17) is 9.15 Å². The summed E-state index contributed by atoms with van der Waals surface area (Å²) in [5, 5.41) is 0.764. The Hall–Kier alpha value is -1.03. The molecule has 0 radical (unpaired) electrons. The number of para-hydroxylation sites is 1. The lowest BCUT2D eigenvalue weighted by atomic mass is 10.2. The van der Waals surface area contributed by atoms with Crippen LogP contribution in [0.1, 0.15) is 5.56 Å². The molecule has 0 saturated heterocycles. The van der Waals surface area contributed by atoms with Gasteiger partial charge in [0, 0.05) is 5.33 Å². The Kier molecular flexibility index (Phi) is 2.22. The van der Waals surface area contributed by atoms with Crippen LogP contribution in [0.3, 0.4) is 0 Å². The molecule has 0 atom stereocenters. The smallest absolute Gasteiger partial charge is 0.394 e. The Labute approximate surface area is 83.8 Å². The lowest BCUT2D eigenvalue weighted by molar-refractivity contribution is 0.299. The van der Waals surface area contributed by atoms with E-state index >= 15 is 0 Å². The Morgan fingerprint density at radius 3 is 3.08 bits per heavy atom. The van der Waals surface area contributed by atoms with Crippen molar-refractivity contribution in [2.75, 3.05) is 7.11 Å². The number of rotatable bonds is 2. The van der Waals surface area contributed by atoms with Crippen LogP contribution in [0.25, 0.3) is 11.1 Å². The van der Waals surface area contributed by atoms with Gasteiger partial charge in [-0.05, 0) is 11.6 Å². The van der Waals surface area contributed by atoms with Gasteiger partial charge < -0.3 is 9.15 Å². The number of hydrogen-bond donors (Lipinski definition) is 0. The fraction of sp³-hybridized carbons (Fsp3) is 0.222. The second kappa shape index (κ2) is 3.38. The molecule has 2 rings (SSSR count). The van der Waals surface area contributed by atoms with E-state index < -0.39 is 0 Å². The van der Waals surface area contributed by atoms with Gasteiger partial charge in [0.2, 0.25) is 0 Å². The van der Waals surface area contributed by atoms with Gasteiger partial charge in [0.25, 0.3) is 0 Å². The lowest BCUT2D eigenvalue weighted by Gasteiger charge is -1.92. The van der Waals surface area contributed by atoms with Gasteiger partial charge in [0.1, 0.15) is 5.52 Å². The van der Waals surface area contributed by atoms with Gasteiger partial charge in [-0.3, -0.25) is 0 Å². The van der Waals surface area contributed by atoms with Crippen LogP contribution in [0.4, 0.5) is 0 Å². The van der Waals surface area contributed by atoms with Crippen molar-refractivity contribution in [2.24, 2.45) is 0 Å². The molecule has 1 aromatic carbocycles. The summed E-state index contributed by atoms with van der Waals surface area (Å²) in [6.07, 6.45) is 0.309. The fourth-order valence-electron chi connectivity index (χ4n) is 1.18. The molecule has 1 heterocycles. The maximum Gasteiger partial charge on any atom is 0.394 e. The third-order valence-electron chi connectivity index (χ3n) is 1.80. The van der Waals surface area contributed by atoms with E-state index in [-0.39, 0.29) is 0 Å². The number of halogens is 1. The first-order chi connectivity index (χ1) is 6.35. The molecule has 2 aromatic rings. The standard InChI is InChI=1S/C9H8BrNO2/c1-12-9-11-8-6(5-10)3-2-4-7(8)13-9/h2-4H,5H2,1H3. The molecule has 13 heavy (non-hydrogen) atoms. The van der Waals surface area contributed by atoms with Crippen LogP contribution in [-0.2, 0) is 5.33 Å².